The predicted molar refractivity (Wildman–Crippen MR) is 164 cm³/mol. The van der Waals surface area contributed by atoms with Crippen molar-refractivity contribution in [3.05, 3.63) is 34.8 Å². The van der Waals surface area contributed by atoms with Crippen LogP contribution in [0.15, 0.2) is 23.4 Å². The van der Waals surface area contributed by atoms with Crippen molar-refractivity contribution in [1.29, 1.82) is 0 Å². The molecule has 0 aromatic carbocycles. The van der Waals surface area contributed by atoms with Crippen LogP contribution in [0.25, 0.3) is 4.85 Å². The highest BCUT2D eigenvalue weighted by molar-refractivity contribution is 6.03. The summed E-state index contributed by atoms with van der Waals surface area (Å²) in [4.78, 5) is 44.5. The molecular weight excluding hydrogens is 506 g/mol. The molecule has 3 saturated carbocycles. The number of fused-ring (bicyclic) bond motifs is 7. The topological polar surface area (TPSA) is 55.6 Å². The summed E-state index contributed by atoms with van der Waals surface area (Å²) in [6, 6.07) is 0. The molecule has 5 aliphatic rings. The molecule has 41 heavy (non-hydrogen) atoms. The Morgan fingerprint density at radius 2 is 1.66 bits per heavy atom. The Kier molecular flexibility index (Phi) is 7.05. The smallest absolute Gasteiger partial charge is 0.226 e. The standard InChI is InChI=1S/C37H53NO3/c1-23(2)19-24(39)11-14-37-17-15-32(3,4)21-25(37)30-27(40)20-29-34(7)22-26(38-10)31(41)33(5,6)28(34)12-13-35(29,8)36(30,9)16-18-37/h20,22-23,25,28,30H,11-19,21H2,1-9H3/t25-,28-,30-,34-,35+,36+,37+/m0/s1. The summed E-state index contributed by atoms with van der Waals surface area (Å²) >= 11 is 0. The molecule has 0 radical (unpaired) electrons. The molecule has 0 aromatic heterocycles. The lowest BCUT2D eigenvalue weighted by atomic mass is 9.34. The Bertz CT molecular complexity index is 1280. The average Bonchev–Trinajstić information content (AvgIpc) is 2.86. The van der Waals surface area contributed by atoms with E-state index in [0.717, 1.165) is 51.4 Å². The number of Topliss-reactive ketones (excluding diaryl/α,β-unsaturated/α-hetero) is 2. The van der Waals surface area contributed by atoms with Gasteiger partial charge in [-0.3, -0.25) is 9.59 Å². The van der Waals surface area contributed by atoms with Crippen LogP contribution in [0.4, 0.5) is 0 Å². The fourth-order valence-electron chi connectivity index (χ4n) is 11.1. The molecule has 0 bridgehead atoms. The molecule has 0 unspecified atom stereocenters. The maximum Gasteiger partial charge on any atom is 0.226 e. The highest BCUT2D eigenvalue weighted by atomic mass is 16.1. The second-order valence-electron chi connectivity index (χ2n) is 17.2. The molecule has 5 rings (SSSR count). The zero-order valence-electron chi connectivity index (χ0n) is 27.2. The summed E-state index contributed by atoms with van der Waals surface area (Å²) in [5.74, 6) is 1.27. The largest absolute Gasteiger partial charge is 0.307 e. The molecule has 0 aromatic rings. The van der Waals surface area contributed by atoms with Gasteiger partial charge in [0.25, 0.3) is 0 Å². The van der Waals surface area contributed by atoms with Crippen LogP contribution in [0.3, 0.4) is 0 Å². The molecule has 0 aliphatic heterocycles. The van der Waals surface area contributed by atoms with Gasteiger partial charge >= 0.3 is 0 Å². The van der Waals surface area contributed by atoms with Crippen molar-refractivity contribution in [2.45, 2.75) is 127 Å². The van der Waals surface area contributed by atoms with Crippen LogP contribution in [0.2, 0.25) is 0 Å². The zero-order chi connectivity index (χ0) is 30.4. The van der Waals surface area contributed by atoms with E-state index in [1.165, 1.54) is 5.57 Å². The molecule has 0 heterocycles. The van der Waals surface area contributed by atoms with Gasteiger partial charge in [-0.15, -0.1) is 0 Å². The highest BCUT2D eigenvalue weighted by Crippen LogP contribution is 2.75. The van der Waals surface area contributed by atoms with Gasteiger partial charge in [0.2, 0.25) is 5.70 Å². The third-order valence-electron chi connectivity index (χ3n) is 13.6. The van der Waals surface area contributed by atoms with E-state index in [-0.39, 0.29) is 56.7 Å². The lowest BCUT2D eigenvalue weighted by Crippen LogP contribution is -2.64. The van der Waals surface area contributed by atoms with E-state index in [0.29, 0.717) is 24.5 Å². The Morgan fingerprint density at radius 1 is 1.00 bits per heavy atom. The number of hydrogen-bond donors (Lipinski definition) is 0. The highest BCUT2D eigenvalue weighted by Gasteiger charge is 2.69. The van der Waals surface area contributed by atoms with Crippen molar-refractivity contribution >= 4 is 17.3 Å². The van der Waals surface area contributed by atoms with Crippen LogP contribution in [-0.4, -0.2) is 17.3 Å². The van der Waals surface area contributed by atoms with Gasteiger partial charge in [-0.2, -0.15) is 0 Å². The van der Waals surface area contributed by atoms with E-state index in [4.69, 9.17) is 6.57 Å². The number of hydrogen-bond acceptors (Lipinski definition) is 3. The summed E-state index contributed by atoms with van der Waals surface area (Å²) in [5.41, 5.74) is 0.150. The number of rotatable bonds is 5. The molecule has 224 valence electrons. The van der Waals surface area contributed by atoms with Crippen LogP contribution >= 0.6 is 0 Å². The molecule has 4 nitrogen and oxygen atoms in total. The average molecular weight is 560 g/mol. The molecule has 0 N–H and O–H groups in total. The summed E-state index contributed by atoms with van der Waals surface area (Å²) in [5, 5.41) is 0. The zero-order valence-corrected chi connectivity index (χ0v) is 27.2. The van der Waals surface area contributed by atoms with E-state index >= 15 is 0 Å². The molecule has 3 fully saturated rings. The SMILES string of the molecule is [C-]#[N+]C1=C[C@]2(C)C3=CC(=O)[C@@H]4[C@@H]5CC(C)(C)CC[C@]5(CCC(=O)CC(C)C)CC[C@@]4(C)[C@]3(C)CC[C@H]2C(C)(C)C1=O. The van der Waals surface area contributed by atoms with Crippen LogP contribution in [-0.2, 0) is 14.4 Å². The van der Waals surface area contributed by atoms with Crippen LogP contribution in [0, 0.1) is 62.7 Å². The summed E-state index contributed by atoms with van der Waals surface area (Å²) in [7, 11) is 0. The minimum atomic E-state index is -0.635. The second kappa shape index (κ2) is 9.49. The Balaban J connectivity index is 1.60. The minimum Gasteiger partial charge on any atom is -0.307 e. The Labute approximate surface area is 249 Å². The second-order valence-corrected chi connectivity index (χ2v) is 17.2. The third kappa shape index (κ3) is 4.30. The molecular formula is C37H53NO3. The van der Waals surface area contributed by atoms with Gasteiger partial charge in [-0.05, 0) is 96.9 Å². The molecule has 0 spiro atoms. The van der Waals surface area contributed by atoms with Gasteiger partial charge in [0, 0.05) is 29.6 Å². The minimum absolute atomic E-state index is 0.0486. The summed E-state index contributed by atoms with van der Waals surface area (Å²) < 4.78 is 0. The number of ketones is 3. The molecule has 7 atom stereocenters. The Morgan fingerprint density at radius 3 is 2.29 bits per heavy atom. The summed E-state index contributed by atoms with van der Waals surface area (Å²) in [6.07, 6.45) is 13.4. The van der Waals surface area contributed by atoms with Gasteiger partial charge in [-0.25, -0.2) is 4.85 Å². The van der Waals surface area contributed by atoms with Gasteiger partial charge in [0.15, 0.2) is 11.6 Å². The van der Waals surface area contributed by atoms with Crippen molar-refractivity contribution in [1.82, 2.24) is 0 Å². The molecule has 0 amide bonds. The first kappa shape index (κ1) is 30.4. The fraction of sp³-hybridized carbons (Fsp3) is 0.784. The normalized spacial score (nSPS) is 42.6. The van der Waals surface area contributed by atoms with Gasteiger partial charge in [-0.1, -0.05) is 74.0 Å². The van der Waals surface area contributed by atoms with Crippen molar-refractivity contribution in [3.63, 3.8) is 0 Å². The molecule has 4 heteroatoms. The monoisotopic (exact) mass is 559 g/mol. The molecule has 0 saturated heterocycles. The van der Waals surface area contributed by atoms with Crippen molar-refractivity contribution < 1.29 is 14.4 Å². The van der Waals surface area contributed by atoms with Gasteiger partial charge < -0.3 is 4.79 Å². The van der Waals surface area contributed by atoms with Crippen LogP contribution in [0.5, 0.6) is 0 Å². The van der Waals surface area contributed by atoms with Gasteiger partial charge in [0.05, 0.1) is 6.57 Å². The number of nitrogens with zero attached hydrogens (tertiary/aromatic N) is 1. The first-order valence-electron chi connectivity index (χ1n) is 16.3. The fourth-order valence-corrected chi connectivity index (χ4v) is 11.1. The van der Waals surface area contributed by atoms with Crippen molar-refractivity contribution in [2.75, 3.05) is 0 Å². The predicted octanol–water partition coefficient (Wildman–Crippen LogP) is 8.95. The van der Waals surface area contributed by atoms with E-state index in [1.807, 2.05) is 26.0 Å². The number of carbonyl (C=O) groups excluding carboxylic acids is 3. The molecule has 5 aliphatic carbocycles. The van der Waals surface area contributed by atoms with Crippen LogP contribution in [0.1, 0.15) is 127 Å². The van der Waals surface area contributed by atoms with Crippen molar-refractivity contribution in [3.8, 4) is 0 Å². The van der Waals surface area contributed by atoms with Crippen LogP contribution < -0.4 is 0 Å². The maximum absolute atomic E-state index is 14.6. The number of allylic oxidation sites excluding steroid dienone is 4. The first-order chi connectivity index (χ1) is 18.9. The quantitative estimate of drug-likeness (QED) is 0.316. The lowest BCUT2D eigenvalue weighted by Gasteiger charge is -2.69. The van der Waals surface area contributed by atoms with E-state index in [9.17, 15) is 14.4 Å². The van der Waals surface area contributed by atoms with Gasteiger partial charge in [0.1, 0.15) is 5.78 Å². The van der Waals surface area contributed by atoms with E-state index in [2.05, 4.69) is 53.3 Å². The summed E-state index contributed by atoms with van der Waals surface area (Å²) in [6.45, 7) is 27.8. The van der Waals surface area contributed by atoms with E-state index < -0.39 is 10.8 Å². The third-order valence-corrected chi connectivity index (χ3v) is 13.6. The van der Waals surface area contributed by atoms with E-state index in [1.54, 1.807) is 0 Å². The Hall–Kier alpha value is -2.02. The maximum atomic E-state index is 14.6. The number of carbonyl (C=O) groups is 3. The van der Waals surface area contributed by atoms with Crippen molar-refractivity contribution in [2.24, 2.45) is 56.2 Å². The lowest BCUT2D eigenvalue weighted by molar-refractivity contribution is -0.172. The first-order valence-corrected chi connectivity index (χ1v) is 16.3.